The average molecular weight is 462 g/mol. The van der Waals surface area contributed by atoms with E-state index in [1.807, 2.05) is 13.8 Å². The van der Waals surface area contributed by atoms with Crippen molar-refractivity contribution >= 4 is 46.6 Å². The molecule has 1 aromatic heterocycles. The first-order valence-corrected chi connectivity index (χ1v) is 10.9. The number of hydrogen-bond donors (Lipinski definition) is 2. The minimum absolute atomic E-state index is 0.00887. The Morgan fingerprint density at radius 2 is 1.84 bits per heavy atom. The van der Waals surface area contributed by atoms with Gasteiger partial charge in [-0.15, -0.1) is 10.2 Å². The van der Waals surface area contributed by atoms with Crippen molar-refractivity contribution in [1.29, 1.82) is 0 Å². The average Bonchev–Trinajstić information content (AvgIpc) is 3.11. The summed E-state index contributed by atoms with van der Waals surface area (Å²) in [5, 5.41) is 14.9. The van der Waals surface area contributed by atoms with Crippen LogP contribution in [0.5, 0.6) is 0 Å². The Balaban J connectivity index is 1.58. The summed E-state index contributed by atoms with van der Waals surface area (Å²) >= 11 is 7.18. The number of aromatic nitrogens is 3. The topological polar surface area (TPSA) is 88.9 Å². The molecule has 0 aliphatic rings. The van der Waals surface area contributed by atoms with E-state index in [1.54, 1.807) is 22.8 Å². The number of anilines is 2. The highest BCUT2D eigenvalue weighted by molar-refractivity contribution is 7.99. The Hall–Kier alpha value is -2.91. The molecule has 3 aromatic rings. The molecule has 2 N–H and O–H groups in total. The van der Waals surface area contributed by atoms with Crippen LogP contribution in [0.15, 0.2) is 47.6 Å². The zero-order valence-corrected chi connectivity index (χ0v) is 18.6. The van der Waals surface area contributed by atoms with Gasteiger partial charge in [0.25, 0.3) is 0 Å². The van der Waals surface area contributed by atoms with Crippen molar-refractivity contribution in [3.8, 4) is 0 Å². The molecule has 7 nitrogen and oxygen atoms in total. The molecule has 3 rings (SSSR count). The molecule has 0 saturated carbocycles. The highest BCUT2D eigenvalue weighted by atomic mass is 35.5. The lowest BCUT2D eigenvalue weighted by Gasteiger charge is -2.10. The van der Waals surface area contributed by atoms with E-state index in [0.29, 0.717) is 33.9 Å². The second-order valence-corrected chi connectivity index (χ2v) is 8.05. The van der Waals surface area contributed by atoms with Gasteiger partial charge in [-0.05, 0) is 61.9 Å². The normalized spacial score (nSPS) is 10.7. The molecule has 1 heterocycles. The molecule has 0 aliphatic heterocycles. The fraction of sp³-hybridized carbons (Fsp3) is 0.238. The maximum absolute atomic E-state index is 13.0. The summed E-state index contributed by atoms with van der Waals surface area (Å²) in [6.07, 6.45) is 0.00887. The van der Waals surface area contributed by atoms with Gasteiger partial charge >= 0.3 is 0 Å². The lowest BCUT2D eigenvalue weighted by Crippen LogP contribution is -2.18. The van der Waals surface area contributed by atoms with E-state index in [1.165, 1.54) is 36.0 Å². The molecule has 0 spiro atoms. The smallest absolute Gasteiger partial charge is 0.234 e. The van der Waals surface area contributed by atoms with E-state index >= 15 is 0 Å². The zero-order chi connectivity index (χ0) is 22.4. The van der Waals surface area contributed by atoms with Gasteiger partial charge in [-0.3, -0.25) is 9.59 Å². The minimum atomic E-state index is -0.374. The molecule has 2 aromatic carbocycles. The molecule has 0 unspecified atom stereocenters. The third-order valence-electron chi connectivity index (χ3n) is 4.35. The largest absolute Gasteiger partial charge is 0.326 e. The van der Waals surface area contributed by atoms with E-state index in [2.05, 4.69) is 20.8 Å². The number of carbonyl (C=O) groups excluding carboxylic acids is 2. The minimum Gasteiger partial charge on any atom is -0.326 e. The fourth-order valence-corrected chi connectivity index (χ4v) is 3.89. The molecule has 31 heavy (non-hydrogen) atoms. The van der Waals surface area contributed by atoms with Crippen LogP contribution in [-0.4, -0.2) is 32.3 Å². The van der Waals surface area contributed by atoms with Gasteiger partial charge in [0.05, 0.1) is 12.2 Å². The number of amides is 2. The molecule has 0 radical (unpaired) electrons. The maximum Gasteiger partial charge on any atom is 0.234 e. The highest BCUT2D eigenvalue weighted by Crippen LogP contribution is 2.21. The second kappa shape index (κ2) is 10.4. The van der Waals surface area contributed by atoms with E-state index < -0.39 is 0 Å². The van der Waals surface area contributed by atoms with Crippen LogP contribution in [0.1, 0.15) is 18.3 Å². The highest BCUT2D eigenvalue weighted by Gasteiger charge is 2.16. The van der Waals surface area contributed by atoms with Gasteiger partial charge in [-0.1, -0.05) is 23.4 Å². The first-order chi connectivity index (χ1) is 14.9. The summed E-state index contributed by atoms with van der Waals surface area (Å²) in [5.74, 6) is -0.223. The van der Waals surface area contributed by atoms with Crippen molar-refractivity contribution in [2.45, 2.75) is 32.0 Å². The molecule has 0 bridgehead atoms. The fourth-order valence-electron chi connectivity index (χ4n) is 2.84. The summed E-state index contributed by atoms with van der Waals surface area (Å²) in [4.78, 5) is 24.6. The van der Waals surface area contributed by atoms with Gasteiger partial charge in [0.2, 0.25) is 11.8 Å². The van der Waals surface area contributed by atoms with Gasteiger partial charge in [0, 0.05) is 22.9 Å². The Morgan fingerprint density at radius 3 is 2.52 bits per heavy atom. The number of benzene rings is 2. The van der Waals surface area contributed by atoms with Crippen LogP contribution in [0.25, 0.3) is 0 Å². The summed E-state index contributed by atoms with van der Waals surface area (Å²) in [6, 6.07) is 10.8. The lowest BCUT2D eigenvalue weighted by atomic mass is 10.2. The first kappa shape index (κ1) is 22.8. The van der Waals surface area contributed by atoms with Crippen LogP contribution >= 0.6 is 23.4 Å². The van der Waals surface area contributed by atoms with E-state index in [-0.39, 0.29) is 29.8 Å². The standard InChI is InChI=1S/C21H21ClFN5O2S/c1-3-28-18(11-19(29)24-16-7-5-15(23)6-8-16)26-27-21(28)31-12-20(30)25-17-9-4-14(22)10-13(17)2/h4-10H,3,11-12H2,1-2H3,(H,24,29)(H,25,30). The molecule has 10 heteroatoms. The van der Waals surface area contributed by atoms with Gasteiger partial charge in [-0.2, -0.15) is 0 Å². The number of thioether (sulfide) groups is 1. The van der Waals surface area contributed by atoms with Crippen LogP contribution < -0.4 is 10.6 Å². The van der Waals surface area contributed by atoms with Crippen LogP contribution in [0.4, 0.5) is 15.8 Å². The number of nitrogens with zero attached hydrogens (tertiary/aromatic N) is 3. The second-order valence-electron chi connectivity index (χ2n) is 6.67. The first-order valence-electron chi connectivity index (χ1n) is 9.52. The van der Waals surface area contributed by atoms with Crippen molar-refractivity contribution in [3.05, 3.63) is 64.7 Å². The summed E-state index contributed by atoms with van der Waals surface area (Å²) in [5.41, 5.74) is 2.07. The SMILES string of the molecule is CCn1c(CC(=O)Nc2ccc(F)cc2)nnc1SCC(=O)Nc1ccc(Cl)cc1C. The molecule has 0 saturated heterocycles. The van der Waals surface area contributed by atoms with Crippen molar-refractivity contribution in [1.82, 2.24) is 14.8 Å². The number of hydrogen-bond acceptors (Lipinski definition) is 5. The maximum atomic E-state index is 13.0. The molecule has 2 amide bonds. The molecule has 0 fully saturated rings. The molecule has 162 valence electrons. The van der Waals surface area contributed by atoms with Gasteiger partial charge < -0.3 is 15.2 Å². The zero-order valence-electron chi connectivity index (χ0n) is 17.0. The van der Waals surface area contributed by atoms with Crippen molar-refractivity contribution in [3.63, 3.8) is 0 Å². The Morgan fingerprint density at radius 1 is 1.10 bits per heavy atom. The van der Waals surface area contributed by atoms with Crippen LogP contribution in [-0.2, 0) is 22.6 Å². The van der Waals surface area contributed by atoms with Crippen LogP contribution in [0.2, 0.25) is 5.02 Å². The monoisotopic (exact) mass is 461 g/mol. The third-order valence-corrected chi connectivity index (χ3v) is 5.55. The van der Waals surface area contributed by atoms with Crippen LogP contribution in [0, 0.1) is 12.7 Å². The summed E-state index contributed by atoms with van der Waals surface area (Å²) in [7, 11) is 0. The molecular formula is C21H21ClFN5O2S. The number of rotatable bonds is 8. The van der Waals surface area contributed by atoms with E-state index in [9.17, 15) is 14.0 Å². The molecular weight excluding hydrogens is 441 g/mol. The van der Waals surface area contributed by atoms with Gasteiger partial charge in [-0.25, -0.2) is 4.39 Å². The Labute approximate surface area is 188 Å². The van der Waals surface area contributed by atoms with E-state index in [0.717, 1.165) is 5.56 Å². The predicted octanol–water partition coefficient (Wildman–Crippen LogP) is 4.31. The lowest BCUT2D eigenvalue weighted by molar-refractivity contribution is -0.116. The predicted molar refractivity (Wildman–Crippen MR) is 120 cm³/mol. The van der Waals surface area contributed by atoms with Crippen LogP contribution in [0.3, 0.4) is 0 Å². The van der Waals surface area contributed by atoms with Gasteiger partial charge in [0.1, 0.15) is 11.6 Å². The van der Waals surface area contributed by atoms with Gasteiger partial charge in [0.15, 0.2) is 5.16 Å². The third kappa shape index (κ3) is 6.28. The number of aryl methyl sites for hydroxylation is 1. The summed E-state index contributed by atoms with van der Waals surface area (Å²) < 4.78 is 14.8. The van der Waals surface area contributed by atoms with Crippen molar-refractivity contribution in [2.24, 2.45) is 0 Å². The number of nitrogens with one attached hydrogen (secondary N) is 2. The Bertz CT molecular complexity index is 1090. The molecule has 0 aliphatic carbocycles. The molecule has 0 atom stereocenters. The van der Waals surface area contributed by atoms with Crippen molar-refractivity contribution in [2.75, 3.05) is 16.4 Å². The summed E-state index contributed by atoms with van der Waals surface area (Å²) in [6.45, 7) is 4.32. The Kier molecular flexibility index (Phi) is 7.64. The number of carbonyl (C=O) groups is 2. The van der Waals surface area contributed by atoms with E-state index in [4.69, 9.17) is 11.6 Å². The number of halogens is 2. The quantitative estimate of drug-likeness (QED) is 0.488. The van der Waals surface area contributed by atoms with Crippen molar-refractivity contribution < 1.29 is 14.0 Å².